The normalized spacial score (nSPS) is 15.2. The van der Waals surface area contributed by atoms with Crippen molar-refractivity contribution in [2.75, 3.05) is 5.75 Å². The van der Waals surface area contributed by atoms with Gasteiger partial charge in [-0.1, -0.05) is 54.3 Å². The Kier molecular flexibility index (Phi) is 3.75. The van der Waals surface area contributed by atoms with E-state index in [1.807, 2.05) is 30.3 Å². The fourth-order valence-corrected chi connectivity index (χ4v) is 2.35. The summed E-state index contributed by atoms with van der Waals surface area (Å²) in [6.07, 6.45) is -0.700. The minimum atomic E-state index is -0.700. The van der Waals surface area contributed by atoms with Gasteiger partial charge in [0.2, 0.25) is 5.91 Å². The van der Waals surface area contributed by atoms with Crippen molar-refractivity contribution in [3.63, 3.8) is 0 Å². The lowest BCUT2D eigenvalue weighted by molar-refractivity contribution is -0.122. The van der Waals surface area contributed by atoms with E-state index in [1.54, 1.807) is 0 Å². The van der Waals surface area contributed by atoms with Gasteiger partial charge in [-0.05, 0) is 5.56 Å². The summed E-state index contributed by atoms with van der Waals surface area (Å²) in [5, 5.41) is 0. The van der Waals surface area contributed by atoms with Crippen molar-refractivity contribution in [2.24, 2.45) is 0 Å². The van der Waals surface area contributed by atoms with Crippen LogP contribution in [0.4, 0.5) is 4.79 Å². The highest BCUT2D eigenvalue weighted by molar-refractivity contribution is 8.24. The molecular formula is C11H9NO3S2. The second kappa shape index (κ2) is 5.29. The highest BCUT2D eigenvalue weighted by Gasteiger charge is 2.33. The second-order valence-electron chi connectivity index (χ2n) is 3.32. The minimum Gasteiger partial charge on any atom is -0.444 e. The van der Waals surface area contributed by atoms with Crippen molar-refractivity contribution >= 4 is 40.3 Å². The molecule has 2 amide bonds. The predicted molar refractivity (Wildman–Crippen MR) is 68.5 cm³/mol. The van der Waals surface area contributed by atoms with Gasteiger partial charge in [0.25, 0.3) is 0 Å². The SMILES string of the molecule is O=C1CSC(=S)N1C(=O)OCc1ccccc1. The van der Waals surface area contributed by atoms with Gasteiger partial charge in [-0.15, -0.1) is 0 Å². The smallest absolute Gasteiger partial charge is 0.422 e. The number of thioether (sulfide) groups is 1. The second-order valence-corrected chi connectivity index (χ2v) is 4.93. The third-order valence-electron chi connectivity index (χ3n) is 2.14. The Hall–Kier alpha value is -1.40. The van der Waals surface area contributed by atoms with E-state index >= 15 is 0 Å². The maximum atomic E-state index is 11.6. The van der Waals surface area contributed by atoms with Gasteiger partial charge < -0.3 is 4.74 Å². The largest absolute Gasteiger partial charge is 0.444 e. The van der Waals surface area contributed by atoms with Gasteiger partial charge in [0.05, 0.1) is 5.75 Å². The van der Waals surface area contributed by atoms with Gasteiger partial charge in [-0.2, -0.15) is 4.90 Å². The van der Waals surface area contributed by atoms with Crippen LogP contribution in [0.15, 0.2) is 30.3 Å². The first kappa shape index (κ1) is 12.1. The zero-order valence-corrected chi connectivity index (χ0v) is 10.4. The molecule has 6 heteroatoms. The Morgan fingerprint density at radius 1 is 1.41 bits per heavy atom. The summed E-state index contributed by atoms with van der Waals surface area (Å²) in [6, 6.07) is 9.26. The molecule has 0 unspecified atom stereocenters. The molecule has 0 aromatic heterocycles. The first-order chi connectivity index (χ1) is 8.18. The standard InChI is InChI=1S/C11H9NO3S2/c13-9-7-17-11(16)12(9)10(14)15-6-8-4-2-1-3-5-8/h1-5H,6-7H2. The molecule has 0 atom stereocenters. The van der Waals surface area contributed by atoms with Gasteiger partial charge in [0, 0.05) is 0 Å². The number of carbonyl (C=O) groups excluding carboxylic acids is 2. The molecule has 4 nitrogen and oxygen atoms in total. The Labute approximate surface area is 108 Å². The summed E-state index contributed by atoms with van der Waals surface area (Å²) >= 11 is 6.06. The number of imide groups is 1. The lowest BCUT2D eigenvalue weighted by atomic mass is 10.2. The number of hydrogen-bond acceptors (Lipinski definition) is 5. The summed E-state index contributed by atoms with van der Waals surface area (Å²) in [5.74, 6) is -0.114. The monoisotopic (exact) mass is 267 g/mol. The molecule has 1 fully saturated rings. The van der Waals surface area contributed by atoms with E-state index in [0.717, 1.165) is 10.5 Å². The molecule has 0 bridgehead atoms. The minimum absolute atomic E-state index is 0.136. The maximum Gasteiger partial charge on any atom is 0.422 e. The highest BCUT2D eigenvalue weighted by atomic mass is 32.2. The fraction of sp³-hybridized carbons (Fsp3) is 0.182. The summed E-state index contributed by atoms with van der Waals surface area (Å²) in [7, 11) is 0. The van der Waals surface area contributed by atoms with E-state index in [4.69, 9.17) is 17.0 Å². The lowest BCUT2D eigenvalue weighted by Gasteiger charge is -2.12. The highest BCUT2D eigenvalue weighted by Crippen LogP contribution is 2.20. The van der Waals surface area contributed by atoms with Gasteiger partial charge in [-0.3, -0.25) is 4.79 Å². The van der Waals surface area contributed by atoms with E-state index in [-0.39, 0.29) is 22.6 Å². The Bertz CT molecular complexity index is 445. The van der Waals surface area contributed by atoms with Gasteiger partial charge in [-0.25, -0.2) is 4.79 Å². The molecule has 0 aliphatic carbocycles. The Morgan fingerprint density at radius 2 is 2.12 bits per heavy atom. The maximum absolute atomic E-state index is 11.6. The van der Waals surface area contributed by atoms with Crippen LogP contribution in [0.2, 0.25) is 0 Å². The third kappa shape index (κ3) is 2.83. The Balaban J connectivity index is 1.94. The summed E-state index contributed by atoms with van der Waals surface area (Å²) in [5.41, 5.74) is 0.867. The summed E-state index contributed by atoms with van der Waals surface area (Å²) in [4.78, 5) is 23.9. The molecule has 1 aromatic rings. The topological polar surface area (TPSA) is 46.6 Å². The molecule has 1 aliphatic rings. The molecule has 1 heterocycles. The average molecular weight is 267 g/mol. The molecule has 2 rings (SSSR count). The van der Waals surface area contributed by atoms with Crippen molar-refractivity contribution in [2.45, 2.75) is 6.61 Å². The van der Waals surface area contributed by atoms with Crippen molar-refractivity contribution < 1.29 is 14.3 Å². The van der Waals surface area contributed by atoms with Crippen molar-refractivity contribution in [1.29, 1.82) is 0 Å². The third-order valence-corrected chi connectivity index (χ3v) is 3.50. The molecular weight excluding hydrogens is 258 g/mol. The van der Waals surface area contributed by atoms with Gasteiger partial charge in [0.1, 0.15) is 6.61 Å². The number of hydrogen-bond donors (Lipinski definition) is 0. The molecule has 88 valence electrons. The molecule has 1 aromatic carbocycles. The zero-order chi connectivity index (χ0) is 12.3. The van der Waals surface area contributed by atoms with Crippen LogP contribution >= 0.6 is 24.0 Å². The predicted octanol–water partition coefficient (Wildman–Crippen LogP) is 2.18. The molecule has 17 heavy (non-hydrogen) atoms. The number of carbonyl (C=O) groups is 2. The molecule has 1 aliphatic heterocycles. The lowest BCUT2D eigenvalue weighted by Crippen LogP contribution is -2.35. The molecule has 0 spiro atoms. The molecule has 0 saturated carbocycles. The van der Waals surface area contributed by atoms with Crippen LogP contribution in [0.5, 0.6) is 0 Å². The van der Waals surface area contributed by atoms with E-state index < -0.39 is 6.09 Å². The van der Waals surface area contributed by atoms with E-state index in [0.29, 0.717) is 0 Å². The van der Waals surface area contributed by atoms with Crippen molar-refractivity contribution in [3.05, 3.63) is 35.9 Å². The van der Waals surface area contributed by atoms with Crippen LogP contribution in [-0.2, 0) is 16.1 Å². The van der Waals surface area contributed by atoms with Crippen LogP contribution in [0, 0.1) is 0 Å². The van der Waals surface area contributed by atoms with Crippen molar-refractivity contribution in [1.82, 2.24) is 4.90 Å². The average Bonchev–Trinajstić information content (AvgIpc) is 2.67. The van der Waals surface area contributed by atoms with E-state index in [1.165, 1.54) is 11.8 Å². The number of benzene rings is 1. The summed E-state index contributed by atoms with van der Waals surface area (Å²) in [6.45, 7) is 0.136. The zero-order valence-electron chi connectivity index (χ0n) is 8.79. The van der Waals surface area contributed by atoms with Crippen LogP contribution in [-0.4, -0.2) is 27.0 Å². The van der Waals surface area contributed by atoms with E-state index in [2.05, 4.69) is 0 Å². The number of ether oxygens (including phenoxy) is 1. The van der Waals surface area contributed by atoms with Crippen molar-refractivity contribution in [3.8, 4) is 0 Å². The molecule has 1 saturated heterocycles. The van der Waals surface area contributed by atoms with Crippen LogP contribution in [0.3, 0.4) is 0 Å². The van der Waals surface area contributed by atoms with Gasteiger partial charge >= 0.3 is 6.09 Å². The number of thiocarbonyl (C=S) groups is 1. The van der Waals surface area contributed by atoms with Crippen LogP contribution in [0.1, 0.15) is 5.56 Å². The number of amides is 2. The number of rotatable bonds is 2. The van der Waals surface area contributed by atoms with Gasteiger partial charge in [0.15, 0.2) is 4.32 Å². The fourth-order valence-electron chi connectivity index (χ4n) is 1.31. The first-order valence-corrected chi connectivity index (χ1v) is 6.28. The Morgan fingerprint density at radius 3 is 2.71 bits per heavy atom. The van der Waals surface area contributed by atoms with Crippen LogP contribution in [0.25, 0.3) is 0 Å². The quantitative estimate of drug-likeness (QED) is 0.769. The summed E-state index contributed by atoms with van der Waals surface area (Å²) < 4.78 is 5.28. The first-order valence-electron chi connectivity index (χ1n) is 4.89. The number of nitrogens with zero attached hydrogens (tertiary/aromatic N) is 1. The van der Waals surface area contributed by atoms with Crippen LogP contribution < -0.4 is 0 Å². The molecule has 0 radical (unpaired) electrons. The van der Waals surface area contributed by atoms with E-state index in [9.17, 15) is 9.59 Å². The molecule has 0 N–H and O–H groups in total.